The first-order chi connectivity index (χ1) is 11.1. The van der Waals surface area contributed by atoms with Crippen molar-refractivity contribution in [3.8, 4) is 0 Å². The topological polar surface area (TPSA) is 73.3 Å². The SMILES string of the molecule is CCOC(C)=c1c(=CC(=O)OC)[nH]n(Cc2ccccc2)c1=O. The second-order valence-electron chi connectivity index (χ2n) is 4.93. The van der Waals surface area contributed by atoms with E-state index in [2.05, 4.69) is 9.84 Å². The third kappa shape index (κ3) is 3.91. The summed E-state index contributed by atoms with van der Waals surface area (Å²) in [5.41, 5.74) is 0.732. The first-order valence-electron chi connectivity index (χ1n) is 7.33. The molecule has 6 nitrogen and oxygen atoms in total. The van der Waals surface area contributed by atoms with Gasteiger partial charge in [0.1, 0.15) is 11.0 Å². The molecule has 0 atom stereocenters. The smallest absolute Gasteiger partial charge is 0.332 e. The number of carbonyl (C=O) groups excluding carboxylic acids is 1. The number of ether oxygens (including phenoxy) is 2. The summed E-state index contributed by atoms with van der Waals surface area (Å²) < 4.78 is 11.5. The van der Waals surface area contributed by atoms with Gasteiger partial charge in [0.2, 0.25) is 0 Å². The van der Waals surface area contributed by atoms with E-state index in [1.54, 1.807) is 6.92 Å². The first kappa shape index (κ1) is 16.6. The van der Waals surface area contributed by atoms with Gasteiger partial charge in [-0.25, -0.2) is 9.48 Å². The van der Waals surface area contributed by atoms with Crippen molar-refractivity contribution in [3.63, 3.8) is 0 Å². The molecule has 23 heavy (non-hydrogen) atoms. The summed E-state index contributed by atoms with van der Waals surface area (Å²) in [7, 11) is 1.29. The predicted octanol–water partition coefficient (Wildman–Crippen LogP) is 0.343. The largest absolute Gasteiger partial charge is 0.498 e. The highest BCUT2D eigenvalue weighted by molar-refractivity contribution is 5.99. The van der Waals surface area contributed by atoms with Crippen LogP contribution in [0.4, 0.5) is 0 Å². The molecule has 1 aromatic carbocycles. The average Bonchev–Trinajstić information content (AvgIpc) is 2.84. The van der Waals surface area contributed by atoms with Crippen LogP contribution in [0.5, 0.6) is 0 Å². The fraction of sp³-hybridized carbons (Fsp3) is 0.294. The lowest BCUT2D eigenvalue weighted by Gasteiger charge is -2.01. The number of carbonyl (C=O) groups is 1. The molecule has 0 fully saturated rings. The zero-order chi connectivity index (χ0) is 16.8. The fourth-order valence-electron chi connectivity index (χ4n) is 2.29. The molecule has 2 aromatic rings. The van der Waals surface area contributed by atoms with Gasteiger partial charge in [-0.15, -0.1) is 0 Å². The number of aromatic amines is 1. The van der Waals surface area contributed by atoms with Gasteiger partial charge in [0.05, 0.1) is 25.6 Å². The second kappa shape index (κ2) is 7.49. The van der Waals surface area contributed by atoms with Gasteiger partial charge >= 0.3 is 5.97 Å². The molecule has 6 heteroatoms. The molecule has 1 N–H and O–H groups in total. The molecular formula is C17H20N2O4. The Bertz CT molecular complexity index is 847. The molecule has 0 amide bonds. The van der Waals surface area contributed by atoms with E-state index in [-0.39, 0.29) is 5.56 Å². The van der Waals surface area contributed by atoms with Crippen LogP contribution >= 0.6 is 0 Å². The van der Waals surface area contributed by atoms with Crippen molar-refractivity contribution in [1.82, 2.24) is 9.78 Å². The van der Waals surface area contributed by atoms with Crippen LogP contribution in [0.1, 0.15) is 19.4 Å². The zero-order valence-electron chi connectivity index (χ0n) is 13.5. The molecule has 0 saturated heterocycles. The standard InChI is InChI=1S/C17H20N2O4/c1-4-23-12(2)16-14(10-15(20)22-3)18-19(17(16)21)11-13-8-6-5-7-9-13/h5-10,18H,4,11H2,1-3H3. The molecule has 0 aliphatic heterocycles. The van der Waals surface area contributed by atoms with Crippen molar-refractivity contribution in [3.05, 3.63) is 56.8 Å². The summed E-state index contributed by atoms with van der Waals surface area (Å²) in [5.74, 6) is -0.0700. The fourth-order valence-corrected chi connectivity index (χ4v) is 2.29. The highest BCUT2D eigenvalue weighted by atomic mass is 16.5. The molecular weight excluding hydrogens is 296 g/mol. The molecule has 0 bridgehead atoms. The number of rotatable bonds is 5. The number of nitrogens with one attached hydrogen (secondary N) is 1. The van der Waals surface area contributed by atoms with E-state index in [0.717, 1.165) is 5.56 Å². The minimum Gasteiger partial charge on any atom is -0.498 e. The van der Waals surface area contributed by atoms with Crippen LogP contribution in [0.3, 0.4) is 0 Å². The molecule has 2 rings (SSSR count). The molecule has 0 aliphatic carbocycles. The highest BCUT2D eigenvalue weighted by Gasteiger charge is 2.09. The van der Waals surface area contributed by atoms with Gasteiger partial charge in [-0.1, -0.05) is 30.3 Å². The van der Waals surface area contributed by atoms with E-state index >= 15 is 0 Å². The molecule has 1 heterocycles. The molecule has 0 spiro atoms. The number of benzene rings is 1. The van der Waals surface area contributed by atoms with Crippen molar-refractivity contribution in [2.45, 2.75) is 20.4 Å². The Labute approximate surface area is 133 Å². The van der Waals surface area contributed by atoms with Gasteiger partial charge in [0.15, 0.2) is 0 Å². The third-order valence-corrected chi connectivity index (χ3v) is 3.34. The summed E-state index contributed by atoms with van der Waals surface area (Å²) in [4.78, 5) is 24.2. The zero-order valence-corrected chi connectivity index (χ0v) is 13.5. The van der Waals surface area contributed by atoms with E-state index in [1.807, 2.05) is 37.3 Å². The highest BCUT2D eigenvalue weighted by Crippen LogP contribution is 1.98. The van der Waals surface area contributed by atoms with Gasteiger partial charge in [-0.2, -0.15) is 0 Å². The first-order valence-corrected chi connectivity index (χ1v) is 7.33. The van der Waals surface area contributed by atoms with Crippen molar-refractivity contribution >= 4 is 17.8 Å². The predicted molar refractivity (Wildman–Crippen MR) is 87.0 cm³/mol. The monoisotopic (exact) mass is 316 g/mol. The van der Waals surface area contributed by atoms with E-state index in [0.29, 0.717) is 29.5 Å². The molecule has 0 unspecified atom stereocenters. The van der Waals surface area contributed by atoms with E-state index < -0.39 is 5.97 Å². The Morgan fingerprint density at radius 1 is 1.30 bits per heavy atom. The van der Waals surface area contributed by atoms with Gasteiger partial charge in [0, 0.05) is 6.08 Å². The lowest BCUT2D eigenvalue weighted by Crippen LogP contribution is -2.38. The van der Waals surface area contributed by atoms with E-state index in [4.69, 9.17) is 4.74 Å². The lowest BCUT2D eigenvalue weighted by molar-refractivity contribution is -0.133. The second-order valence-corrected chi connectivity index (χ2v) is 4.93. The number of methoxy groups -OCH3 is 1. The molecule has 0 radical (unpaired) electrons. The van der Waals surface area contributed by atoms with Crippen LogP contribution in [-0.4, -0.2) is 29.5 Å². The van der Waals surface area contributed by atoms with Crippen molar-refractivity contribution in [2.75, 3.05) is 13.7 Å². The summed E-state index contributed by atoms with van der Waals surface area (Å²) >= 11 is 0. The van der Waals surface area contributed by atoms with Crippen LogP contribution in [0, 0.1) is 0 Å². The van der Waals surface area contributed by atoms with Gasteiger partial charge < -0.3 is 9.47 Å². The Morgan fingerprint density at radius 3 is 2.61 bits per heavy atom. The number of esters is 1. The molecule has 122 valence electrons. The van der Waals surface area contributed by atoms with Crippen molar-refractivity contribution in [2.24, 2.45) is 0 Å². The Balaban J connectivity index is 2.61. The quantitative estimate of drug-likeness (QED) is 0.808. The Morgan fingerprint density at radius 2 is 2.00 bits per heavy atom. The van der Waals surface area contributed by atoms with Crippen molar-refractivity contribution in [1.29, 1.82) is 0 Å². The van der Waals surface area contributed by atoms with Crippen LogP contribution in [0.15, 0.2) is 35.1 Å². The summed E-state index contributed by atoms with van der Waals surface area (Å²) in [6.45, 7) is 4.35. The van der Waals surface area contributed by atoms with E-state index in [1.165, 1.54) is 17.9 Å². The van der Waals surface area contributed by atoms with Crippen LogP contribution in [0.2, 0.25) is 0 Å². The third-order valence-electron chi connectivity index (χ3n) is 3.34. The van der Waals surface area contributed by atoms with Crippen LogP contribution < -0.4 is 16.1 Å². The van der Waals surface area contributed by atoms with Gasteiger partial charge in [-0.05, 0) is 19.4 Å². The summed E-state index contributed by atoms with van der Waals surface area (Å²) in [6.07, 6.45) is 1.25. The van der Waals surface area contributed by atoms with Gasteiger partial charge in [0.25, 0.3) is 5.56 Å². The minimum absolute atomic E-state index is 0.241. The van der Waals surface area contributed by atoms with Gasteiger partial charge in [-0.3, -0.25) is 9.89 Å². The molecule has 0 saturated carbocycles. The van der Waals surface area contributed by atoms with E-state index in [9.17, 15) is 9.59 Å². The minimum atomic E-state index is -0.538. The Hall–Kier alpha value is -2.76. The number of aromatic nitrogens is 2. The van der Waals surface area contributed by atoms with Crippen molar-refractivity contribution < 1.29 is 14.3 Å². The maximum atomic E-state index is 12.6. The maximum Gasteiger partial charge on any atom is 0.332 e. The maximum absolute atomic E-state index is 12.6. The average molecular weight is 316 g/mol. The lowest BCUT2D eigenvalue weighted by atomic mass is 10.2. The number of nitrogens with zero attached hydrogens (tertiary/aromatic N) is 1. The summed E-state index contributed by atoms with van der Waals surface area (Å²) in [5, 5.41) is 3.67. The summed E-state index contributed by atoms with van der Waals surface area (Å²) in [6, 6.07) is 9.58. The number of hydrogen-bond donors (Lipinski definition) is 1. The van der Waals surface area contributed by atoms with Crippen LogP contribution in [-0.2, 0) is 20.8 Å². The molecule has 1 aromatic heterocycles. The normalized spacial score (nSPS) is 12.9. The number of hydrogen-bond acceptors (Lipinski definition) is 4. The Kier molecular flexibility index (Phi) is 5.41. The molecule has 0 aliphatic rings. The van der Waals surface area contributed by atoms with Crippen LogP contribution in [0.25, 0.3) is 11.8 Å². The number of H-pyrrole nitrogens is 1.